The second kappa shape index (κ2) is 6.29. The molecule has 0 spiro atoms. The average Bonchev–Trinajstić information content (AvgIpc) is 2.47. The predicted octanol–water partition coefficient (Wildman–Crippen LogP) is 3.94. The van der Waals surface area contributed by atoms with Crippen LogP contribution in [-0.2, 0) is 4.74 Å². The standard InChI is InChI=1S/C15H15NO2S/c1-18-15(17)11-6-8-12(9-7-11)16-13-4-3-5-14(10-13)19-2/h3-10,16H,1-2H3. The van der Waals surface area contributed by atoms with Crippen LogP contribution in [0, 0.1) is 0 Å². The molecule has 0 amide bonds. The number of hydrogen-bond acceptors (Lipinski definition) is 4. The zero-order valence-corrected chi connectivity index (χ0v) is 11.7. The van der Waals surface area contributed by atoms with Gasteiger partial charge >= 0.3 is 5.97 Å². The van der Waals surface area contributed by atoms with Crippen molar-refractivity contribution in [2.45, 2.75) is 4.90 Å². The van der Waals surface area contributed by atoms with Gasteiger partial charge in [0.1, 0.15) is 0 Å². The molecule has 2 aromatic rings. The van der Waals surface area contributed by atoms with Crippen molar-refractivity contribution in [3.63, 3.8) is 0 Å². The molecule has 2 aromatic carbocycles. The first-order valence-corrected chi connectivity index (χ1v) is 7.05. The van der Waals surface area contributed by atoms with Gasteiger partial charge in [0, 0.05) is 16.3 Å². The summed E-state index contributed by atoms with van der Waals surface area (Å²) in [7, 11) is 1.38. The molecule has 0 unspecified atom stereocenters. The van der Waals surface area contributed by atoms with Gasteiger partial charge in [-0.15, -0.1) is 11.8 Å². The first-order chi connectivity index (χ1) is 9.22. The Morgan fingerprint density at radius 1 is 1.11 bits per heavy atom. The van der Waals surface area contributed by atoms with E-state index in [2.05, 4.69) is 22.2 Å². The zero-order valence-electron chi connectivity index (χ0n) is 10.8. The van der Waals surface area contributed by atoms with Crippen LogP contribution in [0.2, 0.25) is 0 Å². The number of anilines is 2. The molecule has 0 saturated heterocycles. The zero-order chi connectivity index (χ0) is 13.7. The Balaban J connectivity index is 2.12. The summed E-state index contributed by atoms with van der Waals surface area (Å²) in [5, 5.41) is 3.30. The monoisotopic (exact) mass is 273 g/mol. The lowest BCUT2D eigenvalue weighted by atomic mass is 10.2. The number of ether oxygens (including phenoxy) is 1. The molecule has 19 heavy (non-hydrogen) atoms. The number of carbonyl (C=O) groups is 1. The number of carbonyl (C=O) groups excluding carboxylic acids is 1. The normalized spacial score (nSPS) is 10.0. The number of methoxy groups -OCH3 is 1. The molecule has 4 heteroatoms. The molecular formula is C15H15NO2S. The van der Waals surface area contributed by atoms with Crippen molar-refractivity contribution >= 4 is 29.1 Å². The van der Waals surface area contributed by atoms with Gasteiger partial charge in [0.25, 0.3) is 0 Å². The Hall–Kier alpha value is -1.94. The van der Waals surface area contributed by atoms with Crippen LogP contribution in [0.1, 0.15) is 10.4 Å². The molecule has 2 rings (SSSR count). The summed E-state index contributed by atoms with van der Waals surface area (Å²) in [5.74, 6) is -0.323. The molecule has 0 radical (unpaired) electrons. The number of nitrogens with one attached hydrogen (secondary N) is 1. The number of thioether (sulfide) groups is 1. The number of rotatable bonds is 4. The van der Waals surface area contributed by atoms with Crippen LogP contribution < -0.4 is 5.32 Å². The predicted molar refractivity (Wildman–Crippen MR) is 79.3 cm³/mol. The summed E-state index contributed by atoms with van der Waals surface area (Å²) in [4.78, 5) is 12.5. The third-order valence-electron chi connectivity index (χ3n) is 2.66. The molecule has 3 nitrogen and oxygen atoms in total. The van der Waals surface area contributed by atoms with Crippen LogP contribution in [0.3, 0.4) is 0 Å². The largest absolute Gasteiger partial charge is 0.465 e. The molecule has 1 N–H and O–H groups in total. The fourth-order valence-electron chi connectivity index (χ4n) is 1.67. The van der Waals surface area contributed by atoms with E-state index in [4.69, 9.17) is 0 Å². The third kappa shape index (κ3) is 3.51. The molecule has 0 bridgehead atoms. The van der Waals surface area contributed by atoms with E-state index in [0.29, 0.717) is 5.56 Å². The Labute approximate surface area is 117 Å². The molecule has 0 aromatic heterocycles. The number of hydrogen-bond donors (Lipinski definition) is 1. The van der Waals surface area contributed by atoms with Crippen molar-refractivity contribution in [3.05, 3.63) is 54.1 Å². The highest BCUT2D eigenvalue weighted by molar-refractivity contribution is 7.98. The van der Waals surface area contributed by atoms with Crippen LogP contribution in [0.15, 0.2) is 53.4 Å². The van der Waals surface area contributed by atoms with Crippen molar-refractivity contribution in [3.8, 4) is 0 Å². The molecule has 0 heterocycles. The van der Waals surface area contributed by atoms with Gasteiger partial charge in [0.2, 0.25) is 0 Å². The smallest absolute Gasteiger partial charge is 0.337 e. The van der Waals surface area contributed by atoms with Crippen LogP contribution in [0.5, 0.6) is 0 Å². The Morgan fingerprint density at radius 2 is 1.84 bits per heavy atom. The first kappa shape index (κ1) is 13.5. The van der Waals surface area contributed by atoms with Crippen LogP contribution in [-0.4, -0.2) is 19.3 Å². The molecule has 0 fully saturated rings. The van der Waals surface area contributed by atoms with Crippen molar-refractivity contribution in [1.29, 1.82) is 0 Å². The lowest BCUT2D eigenvalue weighted by Gasteiger charge is -2.08. The van der Waals surface area contributed by atoms with E-state index in [-0.39, 0.29) is 5.97 Å². The van der Waals surface area contributed by atoms with Crippen LogP contribution >= 0.6 is 11.8 Å². The van der Waals surface area contributed by atoms with Gasteiger partial charge in [0.05, 0.1) is 12.7 Å². The summed E-state index contributed by atoms with van der Waals surface area (Å²) < 4.78 is 4.66. The van der Waals surface area contributed by atoms with Gasteiger partial charge in [-0.2, -0.15) is 0 Å². The lowest BCUT2D eigenvalue weighted by molar-refractivity contribution is 0.0601. The summed E-state index contributed by atoms with van der Waals surface area (Å²) in [6.45, 7) is 0. The lowest BCUT2D eigenvalue weighted by Crippen LogP contribution is -2.00. The molecule has 0 aliphatic rings. The minimum Gasteiger partial charge on any atom is -0.465 e. The van der Waals surface area contributed by atoms with Crippen molar-refractivity contribution < 1.29 is 9.53 Å². The number of benzene rings is 2. The molecular weight excluding hydrogens is 258 g/mol. The molecule has 98 valence electrons. The van der Waals surface area contributed by atoms with E-state index < -0.39 is 0 Å². The maximum absolute atomic E-state index is 11.3. The minimum absolute atomic E-state index is 0.323. The van der Waals surface area contributed by atoms with Crippen LogP contribution in [0.4, 0.5) is 11.4 Å². The van der Waals surface area contributed by atoms with E-state index in [1.165, 1.54) is 12.0 Å². The highest BCUT2D eigenvalue weighted by atomic mass is 32.2. The second-order valence-electron chi connectivity index (χ2n) is 3.93. The van der Waals surface area contributed by atoms with Gasteiger partial charge in [-0.25, -0.2) is 4.79 Å². The second-order valence-corrected chi connectivity index (χ2v) is 4.81. The van der Waals surface area contributed by atoms with Crippen molar-refractivity contribution in [1.82, 2.24) is 0 Å². The Morgan fingerprint density at radius 3 is 2.47 bits per heavy atom. The van der Waals surface area contributed by atoms with Gasteiger partial charge in [-0.05, 0) is 48.7 Å². The summed E-state index contributed by atoms with van der Waals surface area (Å²) >= 11 is 1.70. The van der Waals surface area contributed by atoms with Crippen molar-refractivity contribution in [2.75, 3.05) is 18.7 Å². The van der Waals surface area contributed by atoms with Crippen LogP contribution in [0.25, 0.3) is 0 Å². The highest BCUT2D eigenvalue weighted by Gasteiger charge is 2.04. The van der Waals surface area contributed by atoms with Crippen molar-refractivity contribution in [2.24, 2.45) is 0 Å². The average molecular weight is 273 g/mol. The quantitative estimate of drug-likeness (QED) is 0.676. The van der Waals surface area contributed by atoms with E-state index in [1.807, 2.05) is 30.5 Å². The van der Waals surface area contributed by atoms with Gasteiger partial charge in [0.15, 0.2) is 0 Å². The van der Waals surface area contributed by atoms with Gasteiger partial charge < -0.3 is 10.1 Å². The Kier molecular flexibility index (Phi) is 4.47. The minimum atomic E-state index is -0.323. The van der Waals surface area contributed by atoms with Gasteiger partial charge in [-0.3, -0.25) is 0 Å². The fraction of sp³-hybridized carbons (Fsp3) is 0.133. The van der Waals surface area contributed by atoms with E-state index in [9.17, 15) is 4.79 Å². The Bertz CT molecular complexity index is 567. The number of esters is 1. The van der Waals surface area contributed by atoms with E-state index in [1.54, 1.807) is 23.9 Å². The first-order valence-electron chi connectivity index (χ1n) is 5.82. The maximum Gasteiger partial charge on any atom is 0.337 e. The molecule has 0 aliphatic heterocycles. The maximum atomic E-state index is 11.3. The summed E-state index contributed by atoms with van der Waals surface area (Å²) in [6.07, 6.45) is 2.05. The molecule has 0 saturated carbocycles. The molecule has 0 aliphatic carbocycles. The highest BCUT2D eigenvalue weighted by Crippen LogP contribution is 2.22. The fourth-order valence-corrected chi connectivity index (χ4v) is 2.13. The van der Waals surface area contributed by atoms with Gasteiger partial charge in [-0.1, -0.05) is 6.07 Å². The summed E-state index contributed by atoms with van der Waals surface area (Å²) in [6, 6.07) is 15.4. The SMILES string of the molecule is COC(=O)c1ccc(Nc2cccc(SC)c2)cc1. The van der Waals surface area contributed by atoms with E-state index in [0.717, 1.165) is 11.4 Å². The third-order valence-corrected chi connectivity index (χ3v) is 3.39. The molecule has 0 atom stereocenters. The van der Waals surface area contributed by atoms with E-state index >= 15 is 0 Å². The summed E-state index contributed by atoms with van der Waals surface area (Å²) in [5.41, 5.74) is 2.51. The topological polar surface area (TPSA) is 38.3 Å².